The fourth-order valence-electron chi connectivity index (χ4n) is 4.54. The number of benzene rings is 1. The summed E-state index contributed by atoms with van der Waals surface area (Å²) in [5.41, 5.74) is 5.09. The smallest absolute Gasteiger partial charge is 0.253 e. The molecule has 0 radical (unpaired) electrons. The molecule has 0 saturated carbocycles. The van der Waals surface area contributed by atoms with Crippen LogP contribution in [0.25, 0.3) is 16.8 Å². The quantitative estimate of drug-likeness (QED) is 0.344. The van der Waals surface area contributed by atoms with Gasteiger partial charge in [0.2, 0.25) is 11.9 Å². The number of hydrogen-bond acceptors (Lipinski definition) is 6. The van der Waals surface area contributed by atoms with E-state index >= 15 is 0 Å². The van der Waals surface area contributed by atoms with E-state index in [1.807, 2.05) is 21.7 Å². The lowest BCUT2D eigenvalue weighted by molar-refractivity contribution is -0.111. The number of rotatable bonds is 7. The Kier molecular flexibility index (Phi) is 6.24. The summed E-state index contributed by atoms with van der Waals surface area (Å²) in [5.74, 6) is 0.434. The average Bonchev–Trinajstić information content (AvgIpc) is 3.64. The van der Waals surface area contributed by atoms with Crippen molar-refractivity contribution in [2.45, 2.75) is 32.2 Å². The van der Waals surface area contributed by atoms with Crippen molar-refractivity contribution in [2.75, 3.05) is 23.7 Å². The molecule has 1 aliphatic heterocycles. The highest BCUT2D eigenvalue weighted by Gasteiger charge is 2.28. The molecule has 3 aromatic heterocycles. The number of anilines is 2. The summed E-state index contributed by atoms with van der Waals surface area (Å²) in [4.78, 5) is 30.9. The standard InChI is InChI=1S/C26H28N8O2/c1-4-23(35)29-19-7-5-17(6-8-19)25(36)33-12-11-20(15-33)30-26-31-22-10-9-21(18-13-27-28-14-18)24(16(2)3)34(22)32-26/h4-10,13-14,16,20H,1,11-12,15H2,2-3H3,(H,27,28)(H,29,35)(H,30,32)/t20-/m1/s1. The summed E-state index contributed by atoms with van der Waals surface area (Å²) >= 11 is 0. The fraction of sp³-hybridized carbons (Fsp3) is 0.269. The van der Waals surface area contributed by atoms with Gasteiger partial charge in [-0.2, -0.15) is 10.1 Å². The Morgan fingerprint density at radius 3 is 2.69 bits per heavy atom. The van der Waals surface area contributed by atoms with E-state index in [1.165, 1.54) is 6.08 Å². The lowest BCUT2D eigenvalue weighted by Gasteiger charge is -2.17. The van der Waals surface area contributed by atoms with Crippen molar-refractivity contribution in [3.63, 3.8) is 0 Å². The summed E-state index contributed by atoms with van der Waals surface area (Å²) in [6.07, 6.45) is 5.68. The Bertz CT molecular complexity index is 1410. The van der Waals surface area contributed by atoms with Crippen LogP contribution in [0.5, 0.6) is 0 Å². The van der Waals surface area contributed by atoms with Crippen molar-refractivity contribution in [1.82, 2.24) is 29.7 Å². The maximum absolute atomic E-state index is 13.0. The first kappa shape index (κ1) is 23.3. The first-order valence-corrected chi connectivity index (χ1v) is 11.9. The molecule has 4 aromatic rings. The molecule has 10 heteroatoms. The van der Waals surface area contributed by atoms with Gasteiger partial charge in [-0.15, -0.1) is 5.10 Å². The third-order valence-electron chi connectivity index (χ3n) is 6.28. The zero-order valence-electron chi connectivity index (χ0n) is 20.2. The lowest BCUT2D eigenvalue weighted by Crippen LogP contribution is -2.31. The average molecular weight is 485 g/mol. The van der Waals surface area contributed by atoms with Gasteiger partial charge in [0.15, 0.2) is 5.65 Å². The molecule has 0 spiro atoms. The minimum Gasteiger partial charge on any atom is -0.348 e. The molecule has 1 aromatic carbocycles. The minimum atomic E-state index is -0.290. The van der Waals surface area contributed by atoms with E-state index < -0.39 is 0 Å². The Balaban J connectivity index is 1.28. The molecule has 0 bridgehead atoms. The molecule has 2 amide bonds. The van der Waals surface area contributed by atoms with E-state index in [2.05, 4.69) is 52.3 Å². The summed E-state index contributed by atoms with van der Waals surface area (Å²) in [5, 5.41) is 17.8. The first-order chi connectivity index (χ1) is 17.4. The third kappa shape index (κ3) is 4.57. The number of H-pyrrole nitrogens is 1. The Hall–Kier alpha value is -4.47. The van der Waals surface area contributed by atoms with Crippen LogP contribution >= 0.6 is 0 Å². The lowest BCUT2D eigenvalue weighted by atomic mass is 10.00. The molecule has 3 N–H and O–H groups in total. The predicted octanol–water partition coefficient (Wildman–Crippen LogP) is 3.69. The van der Waals surface area contributed by atoms with E-state index in [0.29, 0.717) is 30.3 Å². The minimum absolute atomic E-state index is 0.0456. The van der Waals surface area contributed by atoms with E-state index in [4.69, 9.17) is 5.10 Å². The highest BCUT2D eigenvalue weighted by atomic mass is 16.2. The molecular weight excluding hydrogens is 456 g/mol. The first-order valence-electron chi connectivity index (χ1n) is 11.9. The number of fused-ring (bicyclic) bond motifs is 1. The largest absolute Gasteiger partial charge is 0.348 e. The van der Waals surface area contributed by atoms with E-state index in [-0.39, 0.29) is 23.8 Å². The van der Waals surface area contributed by atoms with Gasteiger partial charge in [-0.3, -0.25) is 14.7 Å². The molecular formula is C26H28N8O2. The van der Waals surface area contributed by atoms with Crippen LogP contribution in [0.3, 0.4) is 0 Å². The van der Waals surface area contributed by atoms with Crippen molar-refractivity contribution in [3.05, 3.63) is 72.7 Å². The topological polar surface area (TPSA) is 120 Å². The van der Waals surface area contributed by atoms with Crippen molar-refractivity contribution in [1.29, 1.82) is 0 Å². The molecule has 1 aliphatic rings. The summed E-state index contributed by atoms with van der Waals surface area (Å²) in [6.45, 7) is 8.90. The normalized spacial score (nSPS) is 15.4. The number of carbonyl (C=O) groups is 2. The zero-order chi connectivity index (χ0) is 25.2. The van der Waals surface area contributed by atoms with Gasteiger partial charge >= 0.3 is 0 Å². The van der Waals surface area contributed by atoms with Crippen LogP contribution in [0, 0.1) is 0 Å². The van der Waals surface area contributed by atoms with Crippen molar-refractivity contribution in [2.24, 2.45) is 0 Å². The number of hydrogen-bond donors (Lipinski definition) is 3. The van der Waals surface area contributed by atoms with Gasteiger partial charge in [-0.05, 0) is 54.8 Å². The molecule has 184 valence electrons. The Morgan fingerprint density at radius 2 is 2.00 bits per heavy atom. The molecule has 1 fully saturated rings. The van der Waals surface area contributed by atoms with Gasteiger partial charge in [-0.25, -0.2) is 4.52 Å². The van der Waals surface area contributed by atoms with Gasteiger partial charge in [-0.1, -0.05) is 20.4 Å². The van der Waals surface area contributed by atoms with Gasteiger partial charge < -0.3 is 15.5 Å². The predicted molar refractivity (Wildman–Crippen MR) is 138 cm³/mol. The van der Waals surface area contributed by atoms with Gasteiger partial charge in [0, 0.05) is 47.7 Å². The number of nitrogens with zero attached hydrogens (tertiary/aromatic N) is 5. The maximum atomic E-state index is 13.0. The number of amides is 2. The Labute approximate surface area is 208 Å². The van der Waals surface area contributed by atoms with E-state index in [0.717, 1.165) is 28.9 Å². The van der Waals surface area contributed by atoms with Crippen LogP contribution in [-0.2, 0) is 4.79 Å². The van der Waals surface area contributed by atoms with Crippen molar-refractivity contribution in [3.8, 4) is 11.1 Å². The number of aromatic nitrogens is 5. The van der Waals surface area contributed by atoms with Gasteiger partial charge in [0.25, 0.3) is 5.91 Å². The molecule has 10 nitrogen and oxygen atoms in total. The summed E-state index contributed by atoms with van der Waals surface area (Å²) in [7, 11) is 0. The highest BCUT2D eigenvalue weighted by Crippen LogP contribution is 2.30. The molecule has 1 saturated heterocycles. The van der Waals surface area contributed by atoms with Crippen LogP contribution in [0.4, 0.5) is 11.6 Å². The van der Waals surface area contributed by atoms with Crippen LogP contribution < -0.4 is 10.6 Å². The highest BCUT2D eigenvalue weighted by molar-refractivity contribution is 5.99. The van der Waals surface area contributed by atoms with Crippen LogP contribution in [0.2, 0.25) is 0 Å². The molecule has 1 atom stereocenters. The number of likely N-dealkylation sites (tertiary alicyclic amines) is 1. The number of nitrogens with one attached hydrogen (secondary N) is 3. The molecule has 0 aliphatic carbocycles. The number of carbonyl (C=O) groups excluding carboxylic acids is 2. The monoisotopic (exact) mass is 484 g/mol. The van der Waals surface area contributed by atoms with E-state index in [1.54, 1.807) is 30.5 Å². The fourth-order valence-corrected chi connectivity index (χ4v) is 4.54. The second-order valence-electron chi connectivity index (χ2n) is 9.13. The second-order valence-corrected chi connectivity index (χ2v) is 9.13. The van der Waals surface area contributed by atoms with Crippen LogP contribution in [-0.4, -0.2) is 60.6 Å². The van der Waals surface area contributed by atoms with Crippen LogP contribution in [0.15, 0.2) is 61.4 Å². The van der Waals surface area contributed by atoms with E-state index in [9.17, 15) is 9.59 Å². The summed E-state index contributed by atoms with van der Waals surface area (Å²) < 4.78 is 1.89. The third-order valence-corrected chi connectivity index (χ3v) is 6.28. The molecule has 0 unspecified atom stereocenters. The zero-order valence-corrected chi connectivity index (χ0v) is 20.2. The SMILES string of the molecule is C=CC(=O)Nc1ccc(C(=O)N2CC[C@@H](Nc3nc4ccc(-c5cn[nH]c5)c(C(C)C)n4n3)C2)cc1. The molecule has 4 heterocycles. The Morgan fingerprint density at radius 1 is 1.19 bits per heavy atom. The number of pyridine rings is 1. The second kappa shape index (κ2) is 9.65. The molecule has 5 rings (SSSR count). The van der Waals surface area contributed by atoms with Crippen molar-refractivity contribution < 1.29 is 9.59 Å². The van der Waals surface area contributed by atoms with Crippen molar-refractivity contribution >= 4 is 29.1 Å². The number of aromatic amines is 1. The molecule has 36 heavy (non-hydrogen) atoms. The van der Waals surface area contributed by atoms with Gasteiger partial charge in [0.1, 0.15) is 0 Å². The maximum Gasteiger partial charge on any atom is 0.253 e. The van der Waals surface area contributed by atoms with Gasteiger partial charge in [0.05, 0.1) is 11.9 Å². The van der Waals surface area contributed by atoms with Crippen LogP contribution in [0.1, 0.15) is 42.2 Å². The summed E-state index contributed by atoms with van der Waals surface area (Å²) in [6, 6.07) is 10.9.